The van der Waals surface area contributed by atoms with Crippen LogP contribution in [0.25, 0.3) is 0 Å². The van der Waals surface area contributed by atoms with E-state index in [1.807, 2.05) is 4.90 Å². The fourth-order valence-corrected chi connectivity index (χ4v) is 5.16. The smallest absolute Gasteiger partial charge is 0.253 e. The molecule has 2 heterocycles. The van der Waals surface area contributed by atoms with E-state index in [0.717, 1.165) is 45.2 Å². The van der Waals surface area contributed by atoms with Crippen LogP contribution in [0.3, 0.4) is 0 Å². The fourth-order valence-electron chi connectivity index (χ4n) is 3.60. The van der Waals surface area contributed by atoms with E-state index in [2.05, 4.69) is 6.92 Å². The molecule has 5 nitrogen and oxygen atoms in total. The van der Waals surface area contributed by atoms with Crippen LogP contribution in [0.15, 0.2) is 29.2 Å². The predicted octanol–water partition coefficient (Wildman–Crippen LogP) is 2.73. The van der Waals surface area contributed by atoms with E-state index >= 15 is 0 Å². The lowest BCUT2D eigenvalue weighted by Crippen LogP contribution is -2.39. The van der Waals surface area contributed by atoms with E-state index in [-0.39, 0.29) is 10.8 Å². The Labute approximate surface area is 144 Å². The Balaban J connectivity index is 1.82. The highest BCUT2D eigenvalue weighted by molar-refractivity contribution is 7.89. The summed E-state index contributed by atoms with van der Waals surface area (Å²) in [6.45, 7) is 4.80. The molecule has 1 aromatic rings. The van der Waals surface area contributed by atoms with Gasteiger partial charge in [0.05, 0.1) is 4.90 Å². The van der Waals surface area contributed by atoms with Crippen molar-refractivity contribution in [2.75, 3.05) is 26.2 Å². The van der Waals surface area contributed by atoms with E-state index in [1.165, 1.54) is 0 Å². The van der Waals surface area contributed by atoms with Crippen molar-refractivity contribution >= 4 is 15.9 Å². The number of carbonyl (C=O) groups excluding carboxylic acids is 1. The zero-order valence-corrected chi connectivity index (χ0v) is 15.1. The van der Waals surface area contributed by atoms with Crippen LogP contribution in [0, 0.1) is 5.92 Å². The highest BCUT2D eigenvalue weighted by Gasteiger charge is 2.27. The minimum absolute atomic E-state index is 0.0581. The molecule has 0 bridgehead atoms. The molecule has 6 heteroatoms. The highest BCUT2D eigenvalue weighted by Crippen LogP contribution is 2.23. The molecule has 3 rings (SSSR count). The maximum Gasteiger partial charge on any atom is 0.253 e. The number of carbonyl (C=O) groups is 1. The third-order valence-electron chi connectivity index (χ3n) is 4.98. The van der Waals surface area contributed by atoms with Crippen LogP contribution in [0.2, 0.25) is 0 Å². The first kappa shape index (κ1) is 17.4. The molecule has 1 amide bonds. The van der Waals surface area contributed by atoms with Gasteiger partial charge in [0.1, 0.15) is 0 Å². The molecule has 0 aliphatic carbocycles. The van der Waals surface area contributed by atoms with E-state index in [1.54, 1.807) is 28.6 Å². The number of nitrogens with zero attached hydrogens (tertiary/aromatic N) is 2. The van der Waals surface area contributed by atoms with Crippen LogP contribution < -0.4 is 0 Å². The van der Waals surface area contributed by atoms with E-state index < -0.39 is 10.0 Å². The van der Waals surface area contributed by atoms with E-state index in [0.29, 0.717) is 24.6 Å². The molecule has 132 valence electrons. The second-order valence-corrected chi connectivity index (χ2v) is 8.93. The number of amides is 1. The summed E-state index contributed by atoms with van der Waals surface area (Å²) in [5.41, 5.74) is 0.474. The molecule has 1 unspecified atom stereocenters. The Morgan fingerprint density at radius 1 is 1.08 bits per heavy atom. The van der Waals surface area contributed by atoms with Crippen LogP contribution in [-0.2, 0) is 10.0 Å². The topological polar surface area (TPSA) is 57.7 Å². The summed E-state index contributed by atoms with van der Waals surface area (Å²) < 4.78 is 27.1. The molecule has 2 aliphatic heterocycles. The van der Waals surface area contributed by atoms with Gasteiger partial charge in [0, 0.05) is 31.7 Å². The largest absolute Gasteiger partial charge is 0.338 e. The lowest BCUT2D eigenvalue weighted by Gasteiger charge is -2.31. The summed E-state index contributed by atoms with van der Waals surface area (Å²) in [4.78, 5) is 14.8. The Bertz CT molecular complexity index is 696. The van der Waals surface area contributed by atoms with Gasteiger partial charge < -0.3 is 4.90 Å². The van der Waals surface area contributed by atoms with Gasteiger partial charge in [-0.1, -0.05) is 19.4 Å². The summed E-state index contributed by atoms with van der Waals surface area (Å²) in [5.74, 6) is 0.445. The number of hydrogen-bond donors (Lipinski definition) is 0. The van der Waals surface area contributed by atoms with Gasteiger partial charge in [0.2, 0.25) is 10.0 Å². The molecule has 1 atom stereocenters. The van der Waals surface area contributed by atoms with Gasteiger partial charge in [-0.2, -0.15) is 4.31 Å². The first-order valence-corrected chi connectivity index (χ1v) is 10.3. The molecule has 0 N–H and O–H groups in total. The lowest BCUT2D eigenvalue weighted by molar-refractivity contribution is 0.0683. The second kappa shape index (κ2) is 7.23. The molecular formula is C18H26N2O3S. The maximum absolute atomic E-state index is 12.8. The Morgan fingerprint density at radius 3 is 2.54 bits per heavy atom. The van der Waals surface area contributed by atoms with Gasteiger partial charge in [-0.25, -0.2) is 8.42 Å². The standard InChI is InChI=1S/C18H26N2O3S/c1-15-7-6-10-19(14-15)18(21)16-8-5-9-17(13-16)24(22,23)20-11-3-2-4-12-20/h5,8-9,13,15H,2-4,6-7,10-12,14H2,1H3. The van der Waals surface area contributed by atoms with Crippen molar-refractivity contribution in [2.24, 2.45) is 5.92 Å². The summed E-state index contributed by atoms with van der Waals surface area (Å²) >= 11 is 0. The molecule has 0 spiro atoms. The number of likely N-dealkylation sites (tertiary alicyclic amines) is 1. The average molecular weight is 350 g/mol. The van der Waals surface area contributed by atoms with E-state index in [9.17, 15) is 13.2 Å². The molecule has 2 saturated heterocycles. The summed E-state index contributed by atoms with van der Waals surface area (Å²) in [5, 5.41) is 0. The molecular weight excluding hydrogens is 324 g/mol. The van der Waals surface area contributed by atoms with Gasteiger partial charge >= 0.3 is 0 Å². The van der Waals surface area contributed by atoms with Crippen molar-refractivity contribution in [3.05, 3.63) is 29.8 Å². The summed E-state index contributed by atoms with van der Waals surface area (Å²) in [6.07, 6.45) is 5.05. The van der Waals surface area contributed by atoms with Crippen molar-refractivity contribution in [1.29, 1.82) is 0 Å². The predicted molar refractivity (Wildman–Crippen MR) is 93.4 cm³/mol. The molecule has 2 aliphatic rings. The van der Waals surface area contributed by atoms with Crippen LogP contribution in [0.4, 0.5) is 0 Å². The van der Waals surface area contributed by atoms with Gasteiger partial charge in [-0.3, -0.25) is 4.79 Å². The van der Waals surface area contributed by atoms with Crippen molar-refractivity contribution in [2.45, 2.75) is 43.9 Å². The molecule has 1 aromatic carbocycles. The van der Waals surface area contributed by atoms with Crippen LogP contribution in [-0.4, -0.2) is 49.7 Å². The third kappa shape index (κ3) is 3.64. The summed E-state index contributed by atoms with van der Waals surface area (Å²) in [7, 11) is -3.50. The average Bonchev–Trinajstić information content (AvgIpc) is 2.62. The SMILES string of the molecule is CC1CCCN(C(=O)c2cccc(S(=O)(=O)N3CCCCC3)c2)C1. The first-order valence-electron chi connectivity index (χ1n) is 8.88. The number of piperidine rings is 2. The molecule has 0 aromatic heterocycles. The van der Waals surface area contributed by atoms with Crippen molar-refractivity contribution in [3.8, 4) is 0 Å². The van der Waals surface area contributed by atoms with Gasteiger partial charge in [-0.05, 0) is 49.8 Å². The van der Waals surface area contributed by atoms with E-state index in [4.69, 9.17) is 0 Å². The molecule has 0 saturated carbocycles. The number of benzene rings is 1. The maximum atomic E-state index is 12.8. The highest BCUT2D eigenvalue weighted by atomic mass is 32.2. The first-order chi connectivity index (χ1) is 11.5. The second-order valence-electron chi connectivity index (χ2n) is 6.99. The Hall–Kier alpha value is -1.40. The molecule has 2 fully saturated rings. The number of hydrogen-bond acceptors (Lipinski definition) is 3. The Morgan fingerprint density at radius 2 is 1.83 bits per heavy atom. The van der Waals surface area contributed by atoms with Crippen LogP contribution >= 0.6 is 0 Å². The van der Waals surface area contributed by atoms with Crippen molar-refractivity contribution < 1.29 is 13.2 Å². The monoisotopic (exact) mass is 350 g/mol. The number of rotatable bonds is 3. The minimum Gasteiger partial charge on any atom is -0.338 e. The quantitative estimate of drug-likeness (QED) is 0.842. The van der Waals surface area contributed by atoms with Gasteiger partial charge in [-0.15, -0.1) is 0 Å². The van der Waals surface area contributed by atoms with Crippen LogP contribution in [0.1, 0.15) is 49.4 Å². The minimum atomic E-state index is -3.50. The van der Waals surface area contributed by atoms with Crippen LogP contribution in [0.5, 0.6) is 0 Å². The fraction of sp³-hybridized carbons (Fsp3) is 0.611. The normalized spacial score (nSPS) is 23.2. The zero-order valence-electron chi connectivity index (χ0n) is 14.3. The lowest BCUT2D eigenvalue weighted by atomic mass is 9.99. The summed E-state index contributed by atoms with van der Waals surface area (Å²) in [6, 6.07) is 6.54. The molecule has 0 radical (unpaired) electrons. The van der Waals surface area contributed by atoms with Crippen molar-refractivity contribution in [1.82, 2.24) is 9.21 Å². The molecule has 24 heavy (non-hydrogen) atoms. The zero-order chi connectivity index (χ0) is 17.2. The van der Waals surface area contributed by atoms with Crippen molar-refractivity contribution in [3.63, 3.8) is 0 Å². The third-order valence-corrected chi connectivity index (χ3v) is 6.87. The Kier molecular flexibility index (Phi) is 5.25. The van der Waals surface area contributed by atoms with Gasteiger partial charge in [0.15, 0.2) is 0 Å². The number of sulfonamides is 1. The van der Waals surface area contributed by atoms with Gasteiger partial charge in [0.25, 0.3) is 5.91 Å².